The molecule has 0 saturated carbocycles. The van der Waals surface area contributed by atoms with Crippen molar-refractivity contribution in [1.29, 1.82) is 0 Å². The minimum absolute atomic E-state index is 0.0573. The summed E-state index contributed by atoms with van der Waals surface area (Å²) in [6.45, 7) is 8.37. The Kier molecular flexibility index (Phi) is 4.16. The van der Waals surface area contributed by atoms with Gasteiger partial charge in [0.05, 0.1) is 25.5 Å². The van der Waals surface area contributed by atoms with E-state index in [9.17, 15) is 4.79 Å². The number of nitrogens with one attached hydrogen (secondary N) is 1. The van der Waals surface area contributed by atoms with Crippen LogP contribution in [-0.2, 0) is 16.0 Å². The first kappa shape index (κ1) is 14.0. The summed E-state index contributed by atoms with van der Waals surface area (Å²) >= 11 is 0. The van der Waals surface area contributed by atoms with Crippen LogP contribution >= 0.6 is 0 Å². The van der Waals surface area contributed by atoms with E-state index < -0.39 is 11.6 Å². The molecule has 0 bridgehead atoms. The average Bonchev–Trinajstić information content (AvgIpc) is 2.77. The number of esters is 1. The van der Waals surface area contributed by atoms with Gasteiger partial charge in [0.1, 0.15) is 5.60 Å². The first-order chi connectivity index (χ1) is 8.94. The van der Waals surface area contributed by atoms with Gasteiger partial charge in [0.25, 0.3) is 0 Å². The molecule has 0 aliphatic carbocycles. The van der Waals surface area contributed by atoms with Crippen molar-refractivity contribution in [3.63, 3.8) is 0 Å². The van der Waals surface area contributed by atoms with Crippen molar-refractivity contribution < 1.29 is 14.3 Å². The van der Waals surface area contributed by atoms with Gasteiger partial charge in [0.2, 0.25) is 0 Å². The Balaban J connectivity index is 1.92. The molecule has 7 heteroatoms. The molecule has 19 heavy (non-hydrogen) atoms. The van der Waals surface area contributed by atoms with Gasteiger partial charge in [-0.05, 0) is 20.8 Å². The van der Waals surface area contributed by atoms with Gasteiger partial charge in [0.15, 0.2) is 5.69 Å². The summed E-state index contributed by atoms with van der Waals surface area (Å²) in [6, 6.07) is 0. The normalized spacial score (nSPS) is 20.3. The highest BCUT2D eigenvalue weighted by Gasteiger charge is 2.21. The molecule has 0 amide bonds. The number of ether oxygens (including phenoxy) is 2. The van der Waals surface area contributed by atoms with Crippen molar-refractivity contribution in [3.8, 4) is 0 Å². The number of nitrogens with zero attached hydrogens (tertiary/aromatic N) is 3. The van der Waals surface area contributed by atoms with Gasteiger partial charge in [-0.25, -0.2) is 9.48 Å². The van der Waals surface area contributed by atoms with Crippen molar-refractivity contribution in [3.05, 3.63) is 11.9 Å². The molecule has 1 aliphatic heterocycles. The number of hydrogen-bond acceptors (Lipinski definition) is 6. The Morgan fingerprint density at radius 1 is 1.63 bits per heavy atom. The third-order valence-corrected chi connectivity index (χ3v) is 2.54. The van der Waals surface area contributed by atoms with Crippen LogP contribution in [0.25, 0.3) is 0 Å². The maximum Gasteiger partial charge on any atom is 0.361 e. The van der Waals surface area contributed by atoms with Crippen LogP contribution in [0.4, 0.5) is 0 Å². The first-order valence-corrected chi connectivity index (χ1v) is 6.40. The highest BCUT2D eigenvalue weighted by atomic mass is 16.6. The fourth-order valence-electron chi connectivity index (χ4n) is 1.76. The lowest BCUT2D eigenvalue weighted by Gasteiger charge is -2.23. The SMILES string of the molecule is CC(C)(C)OC(=O)c1cn(CC2CNCCO2)nn1. The van der Waals surface area contributed by atoms with E-state index >= 15 is 0 Å². The largest absolute Gasteiger partial charge is 0.455 e. The highest BCUT2D eigenvalue weighted by Crippen LogP contribution is 2.10. The molecule has 0 radical (unpaired) electrons. The number of rotatable bonds is 3. The lowest BCUT2D eigenvalue weighted by molar-refractivity contribution is 0.00615. The highest BCUT2D eigenvalue weighted by molar-refractivity contribution is 5.86. The second-order valence-electron chi connectivity index (χ2n) is 5.52. The van der Waals surface area contributed by atoms with Gasteiger partial charge in [-0.1, -0.05) is 5.21 Å². The van der Waals surface area contributed by atoms with E-state index in [1.165, 1.54) is 0 Å². The summed E-state index contributed by atoms with van der Waals surface area (Å²) in [6.07, 6.45) is 1.65. The number of hydrogen-bond donors (Lipinski definition) is 1. The molecular formula is C12H20N4O3. The monoisotopic (exact) mass is 268 g/mol. The van der Waals surface area contributed by atoms with Crippen molar-refractivity contribution in [2.75, 3.05) is 19.7 Å². The molecule has 1 saturated heterocycles. The second-order valence-corrected chi connectivity index (χ2v) is 5.52. The Bertz CT molecular complexity index is 432. The number of carbonyl (C=O) groups excluding carboxylic acids is 1. The van der Waals surface area contributed by atoms with Crippen LogP contribution in [0.2, 0.25) is 0 Å². The van der Waals surface area contributed by atoms with Gasteiger partial charge in [-0.15, -0.1) is 5.10 Å². The third kappa shape index (κ3) is 4.29. The van der Waals surface area contributed by atoms with E-state index in [1.54, 1.807) is 10.9 Å². The van der Waals surface area contributed by atoms with Crippen LogP contribution in [0, 0.1) is 0 Å². The summed E-state index contributed by atoms with van der Waals surface area (Å²) in [5, 5.41) is 11.0. The molecule has 0 aromatic carbocycles. The Labute approximate surface area is 112 Å². The number of morpholine rings is 1. The van der Waals surface area contributed by atoms with Gasteiger partial charge < -0.3 is 14.8 Å². The van der Waals surface area contributed by atoms with Crippen LogP contribution in [0.1, 0.15) is 31.3 Å². The minimum Gasteiger partial charge on any atom is -0.455 e. The molecule has 1 atom stereocenters. The molecule has 1 unspecified atom stereocenters. The van der Waals surface area contributed by atoms with Crippen molar-refractivity contribution >= 4 is 5.97 Å². The summed E-state index contributed by atoms with van der Waals surface area (Å²) in [7, 11) is 0. The molecule has 7 nitrogen and oxygen atoms in total. The smallest absolute Gasteiger partial charge is 0.361 e. The molecule has 0 spiro atoms. The van der Waals surface area contributed by atoms with E-state index in [0.29, 0.717) is 13.2 Å². The van der Waals surface area contributed by atoms with Crippen LogP contribution in [0.3, 0.4) is 0 Å². The standard InChI is InChI=1S/C12H20N4O3/c1-12(2,3)19-11(17)10-8-16(15-14-10)7-9-6-13-4-5-18-9/h8-9,13H,4-7H2,1-3H3. The lowest BCUT2D eigenvalue weighted by atomic mass is 10.2. The van der Waals surface area contributed by atoms with E-state index in [1.807, 2.05) is 20.8 Å². The predicted octanol–water partition coefficient (Wildman–Crippen LogP) is 0.222. The zero-order valence-corrected chi connectivity index (χ0v) is 11.5. The first-order valence-electron chi connectivity index (χ1n) is 6.40. The second kappa shape index (κ2) is 5.66. The Morgan fingerprint density at radius 3 is 3.05 bits per heavy atom. The Hall–Kier alpha value is -1.47. The molecule has 1 fully saturated rings. The summed E-state index contributed by atoms with van der Waals surface area (Å²) in [5.41, 5.74) is -0.309. The summed E-state index contributed by atoms with van der Waals surface area (Å²) in [4.78, 5) is 11.8. The number of carbonyl (C=O) groups is 1. The van der Waals surface area contributed by atoms with Gasteiger partial charge >= 0.3 is 5.97 Å². The molecule has 1 aromatic rings. The quantitative estimate of drug-likeness (QED) is 0.790. The Morgan fingerprint density at radius 2 is 2.42 bits per heavy atom. The maximum absolute atomic E-state index is 11.8. The summed E-state index contributed by atoms with van der Waals surface area (Å²) in [5.74, 6) is -0.457. The van der Waals surface area contributed by atoms with Crippen LogP contribution in [0.5, 0.6) is 0 Å². The van der Waals surface area contributed by atoms with Crippen LogP contribution < -0.4 is 5.32 Å². The maximum atomic E-state index is 11.8. The van der Waals surface area contributed by atoms with E-state index in [2.05, 4.69) is 15.6 Å². The van der Waals surface area contributed by atoms with Crippen molar-refractivity contribution in [1.82, 2.24) is 20.3 Å². The lowest BCUT2D eigenvalue weighted by Crippen LogP contribution is -2.40. The van der Waals surface area contributed by atoms with Crippen molar-refractivity contribution in [2.45, 2.75) is 39.0 Å². The van der Waals surface area contributed by atoms with E-state index in [0.717, 1.165) is 13.1 Å². The minimum atomic E-state index is -0.530. The fraction of sp³-hybridized carbons (Fsp3) is 0.750. The van der Waals surface area contributed by atoms with Gasteiger partial charge in [-0.3, -0.25) is 0 Å². The zero-order valence-electron chi connectivity index (χ0n) is 11.5. The molecule has 2 rings (SSSR count). The van der Waals surface area contributed by atoms with Gasteiger partial charge in [-0.2, -0.15) is 0 Å². The molecule has 1 aliphatic rings. The van der Waals surface area contributed by atoms with E-state index in [-0.39, 0.29) is 11.8 Å². The van der Waals surface area contributed by atoms with Crippen LogP contribution in [0.15, 0.2) is 6.20 Å². The molecular weight excluding hydrogens is 248 g/mol. The fourth-order valence-corrected chi connectivity index (χ4v) is 1.76. The van der Waals surface area contributed by atoms with Gasteiger partial charge in [0, 0.05) is 13.1 Å². The predicted molar refractivity (Wildman–Crippen MR) is 67.8 cm³/mol. The average molecular weight is 268 g/mol. The topological polar surface area (TPSA) is 78.3 Å². The molecule has 106 valence electrons. The molecule has 1 aromatic heterocycles. The van der Waals surface area contributed by atoms with Crippen molar-refractivity contribution in [2.24, 2.45) is 0 Å². The zero-order chi connectivity index (χ0) is 13.9. The summed E-state index contributed by atoms with van der Waals surface area (Å²) < 4.78 is 12.4. The van der Waals surface area contributed by atoms with E-state index in [4.69, 9.17) is 9.47 Å². The third-order valence-electron chi connectivity index (χ3n) is 2.54. The van der Waals surface area contributed by atoms with Crippen LogP contribution in [-0.4, -0.2) is 52.4 Å². The molecule has 1 N–H and O–H groups in total. The molecule has 2 heterocycles. The number of aromatic nitrogens is 3.